The summed E-state index contributed by atoms with van der Waals surface area (Å²) in [5.74, 6) is -1.66. The molecule has 0 amide bonds. The SMILES string of the molecule is O=c1[nH]c(-c2cc(Br)c(OC(F)(F)F)c(C(F)(F)F)c2)nc2ccccc12. The van der Waals surface area contributed by atoms with E-state index in [0.29, 0.717) is 6.07 Å². The molecule has 3 rings (SSSR count). The van der Waals surface area contributed by atoms with Crippen molar-refractivity contribution < 1.29 is 31.1 Å². The largest absolute Gasteiger partial charge is 0.573 e. The molecule has 0 unspecified atom stereocenters. The van der Waals surface area contributed by atoms with Gasteiger partial charge in [0.05, 0.1) is 20.9 Å². The fourth-order valence-corrected chi connectivity index (χ4v) is 2.92. The molecule has 1 heterocycles. The topological polar surface area (TPSA) is 55.0 Å². The van der Waals surface area contributed by atoms with Gasteiger partial charge in [0.25, 0.3) is 5.56 Å². The second kappa shape index (κ2) is 6.55. The number of nitrogens with one attached hydrogen (secondary N) is 1. The Bertz CT molecular complexity index is 1080. The summed E-state index contributed by atoms with van der Waals surface area (Å²) < 4.78 is 80.1. The molecule has 0 radical (unpaired) electrons. The van der Waals surface area contributed by atoms with Crippen molar-refractivity contribution in [3.05, 3.63) is 56.8 Å². The zero-order chi connectivity index (χ0) is 20.0. The third kappa shape index (κ3) is 4.07. The van der Waals surface area contributed by atoms with Crippen LogP contribution < -0.4 is 10.3 Å². The van der Waals surface area contributed by atoms with Gasteiger partial charge in [-0.3, -0.25) is 4.79 Å². The highest BCUT2D eigenvalue weighted by Gasteiger charge is 2.41. The standard InChI is InChI=1S/C16H7BrF6N2O2/c17-10-6-7(5-9(15(18,19)20)12(10)27-16(21,22)23)13-24-11-4-2-1-3-8(11)14(26)25-13/h1-6H,(H,24,25,26). The second-order valence-electron chi connectivity index (χ2n) is 5.31. The Morgan fingerprint density at radius 3 is 2.33 bits per heavy atom. The Morgan fingerprint density at radius 2 is 1.70 bits per heavy atom. The number of para-hydroxylation sites is 1. The summed E-state index contributed by atoms with van der Waals surface area (Å²) in [7, 11) is 0. The molecule has 3 aromatic rings. The molecule has 0 aliphatic rings. The highest BCUT2D eigenvalue weighted by Crippen LogP contribution is 2.44. The number of H-pyrrole nitrogens is 1. The third-order valence-corrected chi connectivity index (χ3v) is 4.04. The quantitative estimate of drug-likeness (QED) is 0.539. The monoisotopic (exact) mass is 452 g/mol. The number of hydrogen-bond acceptors (Lipinski definition) is 3. The molecule has 142 valence electrons. The third-order valence-electron chi connectivity index (χ3n) is 3.45. The number of alkyl halides is 6. The van der Waals surface area contributed by atoms with Crippen LogP contribution in [0.5, 0.6) is 5.75 Å². The molecule has 0 aliphatic heterocycles. The molecule has 27 heavy (non-hydrogen) atoms. The van der Waals surface area contributed by atoms with Gasteiger partial charge in [0.15, 0.2) is 5.75 Å². The number of halogens is 7. The maximum Gasteiger partial charge on any atom is 0.573 e. The summed E-state index contributed by atoms with van der Waals surface area (Å²) in [6.07, 6.45) is -10.5. The van der Waals surface area contributed by atoms with Gasteiger partial charge in [-0.2, -0.15) is 13.2 Å². The molecule has 1 aromatic heterocycles. The predicted molar refractivity (Wildman–Crippen MR) is 87.2 cm³/mol. The van der Waals surface area contributed by atoms with Crippen LogP contribution >= 0.6 is 15.9 Å². The smallest absolute Gasteiger partial charge is 0.404 e. The highest BCUT2D eigenvalue weighted by molar-refractivity contribution is 9.10. The van der Waals surface area contributed by atoms with E-state index < -0.39 is 33.9 Å². The summed E-state index contributed by atoms with van der Waals surface area (Å²) in [6.45, 7) is 0. The first kappa shape index (κ1) is 19.2. The zero-order valence-corrected chi connectivity index (χ0v) is 14.5. The van der Waals surface area contributed by atoms with Crippen molar-refractivity contribution in [2.24, 2.45) is 0 Å². The maximum atomic E-state index is 13.3. The highest BCUT2D eigenvalue weighted by atomic mass is 79.9. The average Bonchev–Trinajstić information content (AvgIpc) is 2.54. The van der Waals surface area contributed by atoms with Gasteiger partial charge >= 0.3 is 12.5 Å². The Kier molecular flexibility index (Phi) is 4.66. The van der Waals surface area contributed by atoms with E-state index >= 15 is 0 Å². The molecule has 0 spiro atoms. The minimum Gasteiger partial charge on any atom is -0.404 e. The number of benzene rings is 2. The molecule has 0 bridgehead atoms. The normalized spacial score (nSPS) is 12.4. The van der Waals surface area contributed by atoms with Crippen LogP contribution in [0.4, 0.5) is 26.3 Å². The number of aromatic nitrogens is 2. The maximum absolute atomic E-state index is 13.3. The van der Waals surface area contributed by atoms with E-state index in [1.807, 2.05) is 0 Å². The number of nitrogens with zero attached hydrogens (tertiary/aromatic N) is 1. The molecule has 1 N–H and O–H groups in total. The van der Waals surface area contributed by atoms with Crippen molar-refractivity contribution in [3.63, 3.8) is 0 Å². The molecule has 0 atom stereocenters. The minimum atomic E-state index is -5.32. The van der Waals surface area contributed by atoms with Crippen LogP contribution in [-0.2, 0) is 6.18 Å². The van der Waals surface area contributed by atoms with Gasteiger partial charge in [0, 0.05) is 5.56 Å². The van der Waals surface area contributed by atoms with Gasteiger partial charge in [-0.1, -0.05) is 12.1 Å². The summed E-state index contributed by atoms with van der Waals surface area (Å²) in [5.41, 5.74) is -2.29. The lowest BCUT2D eigenvalue weighted by Crippen LogP contribution is -2.20. The van der Waals surface area contributed by atoms with Crippen molar-refractivity contribution in [2.45, 2.75) is 12.5 Å². The van der Waals surface area contributed by atoms with Crippen LogP contribution in [0, 0.1) is 0 Å². The molecule has 0 fully saturated rings. The van der Waals surface area contributed by atoms with Crippen molar-refractivity contribution in [1.82, 2.24) is 9.97 Å². The van der Waals surface area contributed by atoms with Gasteiger partial charge in [-0.05, 0) is 40.2 Å². The van der Waals surface area contributed by atoms with E-state index in [1.54, 1.807) is 12.1 Å². The molecule has 2 aromatic carbocycles. The predicted octanol–water partition coefficient (Wildman–Crippen LogP) is 5.27. The Balaban J connectivity index is 2.23. The lowest BCUT2D eigenvalue weighted by atomic mass is 10.1. The van der Waals surface area contributed by atoms with Crippen molar-refractivity contribution in [1.29, 1.82) is 0 Å². The van der Waals surface area contributed by atoms with E-state index in [1.165, 1.54) is 12.1 Å². The fraction of sp³-hybridized carbons (Fsp3) is 0.125. The molecule has 0 saturated heterocycles. The van der Waals surface area contributed by atoms with Crippen LogP contribution in [0.1, 0.15) is 5.56 Å². The summed E-state index contributed by atoms with van der Waals surface area (Å²) >= 11 is 2.66. The van der Waals surface area contributed by atoms with Gasteiger partial charge < -0.3 is 9.72 Å². The number of fused-ring (bicyclic) bond motifs is 1. The Morgan fingerprint density at radius 1 is 1.04 bits per heavy atom. The zero-order valence-electron chi connectivity index (χ0n) is 12.9. The van der Waals surface area contributed by atoms with Gasteiger partial charge in [0.1, 0.15) is 5.82 Å². The van der Waals surface area contributed by atoms with E-state index in [9.17, 15) is 31.1 Å². The molecular weight excluding hydrogens is 446 g/mol. The van der Waals surface area contributed by atoms with Crippen LogP contribution in [-0.4, -0.2) is 16.3 Å². The minimum absolute atomic E-state index is 0.216. The van der Waals surface area contributed by atoms with Crippen LogP contribution in [0.2, 0.25) is 0 Å². The Hall–Kier alpha value is -2.56. The van der Waals surface area contributed by atoms with Gasteiger partial charge in [0.2, 0.25) is 0 Å². The summed E-state index contributed by atoms with van der Waals surface area (Å²) in [4.78, 5) is 18.5. The van der Waals surface area contributed by atoms with E-state index in [0.717, 1.165) is 6.07 Å². The fourth-order valence-electron chi connectivity index (χ4n) is 2.38. The van der Waals surface area contributed by atoms with Gasteiger partial charge in [-0.15, -0.1) is 13.2 Å². The van der Waals surface area contributed by atoms with Crippen LogP contribution in [0.25, 0.3) is 22.3 Å². The van der Waals surface area contributed by atoms with E-state index in [-0.39, 0.29) is 22.3 Å². The van der Waals surface area contributed by atoms with E-state index in [2.05, 4.69) is 30.6 Å². The number of rotatable bonds is 2. The first-order valence-electron chi connectivity index (χ1n) is 7.11. The molecule has 0 saturated carbocycles. The lowest BCUT2D eigenvalue weighted by Gasteiger charge is -2.18. The Labute approximate surface area is 154 Å². The first-order chi connectivity index (χ1) is 12.5. The van der Waals surface area contributed by atoms with E-state index in [4.69, 9.17) is 0 Å². The average molecular weight is 453 g/mol. The molecular formula is C16H7BrF6N2O2. The van der Waals surface area contributed by atoms with Crippen molar-refractivity contribution in [3.8, 4) is 17.1 Å². The summed E-state index contributed by atoms with van der Waals surface area (Å²) in [6, 6.07) is 7.50. The van der Waals surface area contributed by atoms with Crippen LogP contribution in [0.15, 0.2) is 45.7 Å². The van der Waals surface area contributed by atoms with Gasteiger partial charge in [-0.25, -0.2) is 4.98 Å². The van der Waals surface area contributed by atoms with Crippen molar-refractivity contribution >= 4 is 26.8 Å². The number of ether oxygens (including phenoxy) is 1. The first-order valence-corrected chi connectivity index (χ1v) is 7.91. The lowest BCUT2D eigenvalue weighted by molar-refractivity contribution is -0.276. The molecule has 11 heteroatoms. The second-order valence-corrected chi connectivity index (χ2v) is 6.17. The molecule has 0 aliphatic carbocycles. The van der Waals surface area contributed by atoms with Crippen molar-refractivity contribution in [2.75, 3.05) is 0 Å². The molecule has 4 nitrogen and oxygen atoms in total. The number of aromatic amines is 1. The number of hydrogen-bond donors (Lipinski definition) is 1. The summed E-state index contributed by atoms with van der Waals surface area (Å²) in [5, 5.41) is 0.216. The van der Waals surface area contributed by atoms with Crippen LogP contribution in [0.3, 0.4) is 0 Å².